The van der Waals surface area contributed by atoms with E-state index in [4.69, 9.17) is 4.74 Å². The van der Waals surface area contributed by atoms with Crippen LogP contribution in [0.5, 0.6) is 5.75 Å². The van der Waals surface area contributed by atoms with Crippen molar-refractivity contribution < 1.29 is 24.2 Å². The van der Waals surface area contributed by atoms with Crippen molar-refractivity contribution in [2.75, 3.05) is 33.3 Å². The number of carbonyl (C=O) groups is 3. The topological polar surface area (TPSA) is 87.2 Å². The zero-order chi connectivity index (χ0) is 18.2. The van der Waals surface area contributed by atoms with E-state index in [0.717, 1.165) is 5.56 Å². The second-order valence-corrected chi connectivity index (χ2v) is 6.66. The summed E-state index contributed by atoms with van der Waals surface area (Å²) in [5, 5.41) is 9.24. The van der Waals surface area contributed by atoms with Crippen molar-refractivity contribution in [2.45, 2.75) is 19.8 Å². The summed E-state index contributed by atoms with van der Waals surface area (Å²) in [5.74, 6) is -0.798. The largest absolute Gasteiger partial charge is 0.496 e. The number of aryl methyl sites for hydroxylation is 1. The molecule has 0 radical (unpaired) electrons. The normalized spacial score (nSPS) is 18.6. The number of methoxy groups -OCH3 is 1. The van der Waals surface area contributed by atoms with Crippen LogP contribution in [0.2, 0.25) is 0 Å². The summed E-state index contributed by atoms with van der Waals surface area (Å²) in [6, 6.07) is 5.33. The molecule has 1 aromatic rings. The zero-order valence-corrected chi connectivity index (χ0v) is 14.4. The van der Waals surface area contributed by atoms with Crippen LogP contribution in [0.3, 0.4) is 0 Å². The van der Waals surface area contributed by atoms with Crippen molar-refractivity contribution in [2.24, 2.45) is 5.41 Å². The van der Waals surface area contributed by atoms with Crippen molar-refractivity contribution >= 4 is 17.8 Å². The van der Waals surface area contributed by atoms with E-state index in [1.807, 2.05) is 13.0 Å². The van der Waals surface area contributed by atoms with Crippen LogP contribution in [0.15, 0.2) is 18.2 Å². The van der Waals surface area contributed by atoms with Crippen molar-refractivity contribution in [3.05, 3.63) is 29.3 Å². The molecule has 2 amide bonds. The molecule has 1 aliphatic carbocycles. The molecule has 0 atom stereocenters. The van der Waals surface area contributed by atoms with E-state index < -0.39 is 11.4 Å². The highest BCUT2D eigenvalue weighted by Crippen LogP contribution is 2.47. The first kappa shape index (κ1) is 17.3. The van der Waals surface area contributed by atoms with Crippen molar-refractivity contribution in [3.63, 3.8) is 0 Å². The minimum Gasteiger partial charge on any atom is -0.496 e. The summed E-state index contributed by atoms with van der Waals surface area (Å²) >= 11 is 0. The number of ether oxygens (including phenoxy) is 1. The second kappa shape index (κ2) is 6.38. The number of carboxylic acid groups (broad SMARTS) is 1. The molecule has 7 heteroatoms. The number of benzene rings is 1. The minimum absolute atomic E-state index is 0.107. The predicted molar refractivity (Wildman–Crippen MR) is 89.5 cm³/mol. The fourth-order valence-corrected chi connectivity index (χ4v) is 3.20. The Kier molecular flexibility index (Phi) is 4.41. The summed E-state index contributed by atoms with van der Waals surface area (Å²) in [4.78, 5) is 39.6. The van der Waals surface area contributed by atoms with Crippen LogP contribution in [0, 0.1) is 12.3 Å². The monoisotopic (exact) mass is 346 g/mol. The van der Waals surface area contributed by atoms with Gasteiger partial charge in [-0.1, -0.05) is 6.07 Å². The van der Waals surface area contributed by atoms with E-state index in [2.05, 4.69) is 0 Å². The maximum absolute atomic E-state index is 12.6. The third kappa shape index (κ3) is 3.06. The van der Waals surface area contributed by atoms with Crippen LogP contribution >= 0.6 is 0 Å². The molecule has 3 rings (SSSR count). The van der Waals surface area contributed by atoms with Crippen molar-refractivity contribution in [1.82, 2.24) is 9.80 Å². The van der Waals surface area contributed by atoms with Crippen LogP contribution in [-0.4, -0.2) is 66.0 Å². The number of carbonyl (C=O) groups excluding carboxylic acids is 2. The van der Waals surface area contributed by atoms with E-state index in [0.29, 0.717) is 50.3 Å². The van der Waals surface area contributed by atoms with Crippen LogP contribution in [0.1, 0.15) is 28.8 Å². The van der Waals surface area contributed by atoms with Gasteiger partial charge in [0, 0.05) is 31.7 Å². The minimum atomic E-state index is -1.21. The Labute approximate surface area is 146 Å². The number of amides is 2. The average molecular weight is 346 g/mol. The molecule has 0 aromatic heterocycles. The highest BCUT2D eigenvalue weighted by Gasteiger charge is 2.58. The summed E-state index contributed by atoms with van der Waals surface area (Å²) in [6.07, 6.45) is 0.812. The molecule has 25 heavy (non-hydrogen) atoms. The number of hydrogen-bond acceptors (Lipinski definition) is 4. The molecule has 7 nitrogen and oxygen atoms in total. The third-order valence-electron chi connectivity index (χ3n) is 5.08. The first-order valence-corrected chi connectivity index (χ1v) is 8.36. The first-order valence-electron chi connectivity index (χ1n) is 8.36. The van der Waals surface area contributed by atoms with Gasteiger partial charge in [0.2, 0.25) is 5.91 Å². The lowest BCUT2D eigenvalue weighted by molar-refractivity contribution is -0.154. The molecule has 1 aromatic carbocycles. The Balaban J connectivity index is 1.63. The Hall–Kier alpha value is -2.57. The molecule has 1 heterocycles. The highest BCUT2D eigenvalue weighted by atomic mass is 16.5. The smallest absolute Gasteiger partial charge is 0.319 e. The Morgan fingerprint density at radius 3 is 2.20 bits per heavy atom. The maximum Gasteiger partial charge on any atom is 0.319 e. The van der Waals surface area contributed by atoms with Gasteiger partial charge in [-0.15, -0.1) is 0 Å². The van der Waals surface area contributed by atoms with Gasteiger partial charge < -0.3 is 19.6 Å². The molecule has 0 unspecified atom stereocenters. The van der Waals surface area contributed by atoms with Gasteiger partial charge in [0.1, 0.15) is 11.2 Å². The van der Waals surface area contributed by atoms with Gasteiger partial charge in [0.25, 0.3) is 5.91 Å². The number of rotatable bonds is 4. The molecule has 1 aliphatic heterocycles. The molecule has 134 valence electrons. The molecule has 1 saturated carbocycles. The van der Waals surface area contributed by atoms with Gasteiger partial charge in [0.15, 0.2) is 0 Å². The number of hydrogen-bond donors (Lipinski definition) is 1. The summed E-state index contributed by atoms with van der Waals surface area (Å²) in [7, 11) is 1.57. The van der Waals surface area contributed by atoms with Crippen LogP contribution in [-0.2, 0) is 9.59 Å². The second-order valence-electron chi connectivity index (χ2n) is 6.66. The van der Waals surface area contributed by atoms with Gasteiger partial charge in [-0.05, 0) is 37.5 Å². The summed E-state index contributed by atoms with van der Waals surface area (Å²) in [6.45, 7) is 3.44. The average Bonchev–Trinajstić information content (AvgIpc) is 3.43. The van der Waals surface area contributed by atoms with E-state index in [1.165, 1.54) is 0 Å². The molecule has 2 fully saturated rings. The standard InChI is InChI=1S/C18H22N2O5/c1-12-3-4-13(11-14(12)25-2)15(21)19-7-9-20(10-8-19)16(22)18(5-6-18)17(23)24/h3-4,11H,5-10H2,1-2H3,(H,23,24). The lowest BCUT2D eigenvalue weighted by Gasteiger charge is -2.36. The van der Waals surface area contributed by atoms with Crippen molar-refractivity contribution in [1.29, 1.82) is 0 Å². The highest BCUT2D eigenvalue weighted by molar-refractivity contribution is 6.05. The van der Waals surface area contributed by atoms with E-state index >= 15 is 0 Å². The maximum atomic E-state index is 12.6. The quantitative estimate of drug-likeness (QED) is 0.827. The van der Waals surface area contributed by atoms with Gasteiger partial charge in [0.05, 0.1) is 7.11 Å². The lowest BCUT2D eigenvalue weighted by atomic mass is 10.0. The Bertz CT molecular complexity index is 718. The molecule has 1 N–H and O–H groups in total. The van der Waals surface area contributed by atoms with Gasteiger partial charge in [-0.2, -0.15) is 0 Å². The summed E-state index contributed by atoms with van der Waals surface area (Å²) < 4.78 is 5.26. The fraction of sp³-hybridized carbons (Fsp3) is 0.500. The van der Waals surface area contributed by atoms with E-state index in [9.17, 15) is 19.5 Å². The predicted octanol–water partition coefficient (Wildman–Crippen LogP) is 1.15. The summed E-state index contributed by atoms with van der Waals surface area (Å²) in [5.41, 5.74) is 0.292. The Morgan fingerprint density at radius 2 is 1.68 bits per heavy atom. The van der Waals surface area contributed by atoms with Crippen LogP contribution < -0.4 is 4.74 Å². The van der Waals surface area contributed by atoms with Crippen LogP contribution in [0.4, 0.5) is 0 Å². The fourth-order valence-electron chi connectivity index (χ4n) is 3.20. The lowest BCUT2D eigenvalue weighted by Crippen LogP contribution is -2.53. The molecule has 2 aliphatic rings. The van der Waals surface area contributed by atoms with Crippen molar-refractivity contribution in [3.8, 4) is 5.75 Å². The van der Waals surface area contributed by atoms with Gasteiger partial charge >= 0.3 is 5.97 Å². The van der Waals surface area contributed by atoms with E-state index in [1.54, 1.807) is 29.0 Å². The molecule has 1 saturated heterocycles. The Morgan fingerprint density at radius 1 is 1.08 bits per heavy atom. The zero-order valence-electron chi connectivity index (χ0n) is 14.4. The number of carboxylic acids is 1. The van der Waals surface area contributed by atoms with Crippen LogP contribution in [0.25, 0.3) is 0 Å². The molecule has 0 bridgehead atoms. The number of piperazine rings is 1. The van der Waals surface area contributed by atoms with E-state index in [-0.39, 0.29) is 11.8 Å². The SMILES string of the molecule is COc1cc(C(=O)N2CCN(C(=O)C3(C(=O)O)CC3)CC2)ccc1C. The molecular formula is C18H22N2O5. The molecular weight excluding hydrogens is 324 g/mol. The first-order chi connectivity index (χ1) is 11.9. The third-order valence-corrected chi connectivity index (χ3v) is 5.08. The molecule has 0 spiro atoms. The van der Waals surface area contributed by atoms with Gasteiger partial charge in [-0.25, -0.2) is 0 Å². The van der Waals surface area contributed by atoms with Gasteiger partial charge in [-0.3, -0.25) is 14.4 Å². The number of aliphatic carboxylic acids is 1. The number of nitrogens with zero attached hydrogens (tertiary/aromatic N) is 2.